The minimum Gasteiger partial charge on any atom is -0.488 e. The number of rotatable bonds is 6. The van der Waals surface area contributed by atoms with E-state index in [0.717, 1.165) is 11.3 Å². The molecule has 2 rings (SSSR count). The van der Waals surface area contributed by atoms with Gasteiger partial charge in [-0.2, -0.15) is 0 Å². The number of carbonyl (C=O) groups is 2. The Kier molecular flexibility index (Phi) is 6.25. The van der Waals surface area contributed by atoms with Crippen molar-refractivity contribution in [1.29, 1.82) is 0 Å². The van der Waals surface area contributed by atoms with Crippen molar-refractivity contribution in [2.75, 3.05) is 0 Å². The van der Waals surface area contributed by atoms with Crippen LogP contribution in [0.15, 0.2) is 28.8 Å². The van der Waals surface area contributed by atoms with Crippen molar-refractivity contribution < 1.29 is 18.8 Å². The van der Waals surface area contributed by atoms with E-state index in [1.165, 1.54) is 0 Å². The summed E-state index contributed by atoms with van der Waals surface area (Å²) in [4.78, 5) is 24.8. The molecule has 0 radical (unpaired) electrons. The smallest absolute Gasteiger partial charge is 0.255 e. The van der Waals surface area contributed by atoms with Gasteiger partial charge in [-0.1, -0.05) is 17.3 Å². The van der Waals surface area contributed by atoms with Gasteiger partial charge in [0.2, 0.25) is 5.91 Å². The Bertz CT molecular complexity index is 801. The summed E-state index contributed by atoms with van der Waals surface area (Å²) in [6.07, 6.45) is 0. The maximum Gasteiger partial charge on any atom is 0.255 e. The van der Waals surface area contributed by atoms with Crippen LogP contribution in [0.2, 0.25) is 0 Å². The van der Waals surface area contributed by atoms with E-state index in [-0.39, 0.29) is 24.0 Å². The first kappa shape index (κ1) is 20.5. The molecular formula is C20H27N3O4. The van der Waals surface area contributed by atoms with Crippen LogP contribution in [0.5, 0.6) is 5.75 Å². The van der Waals surface area contributed by atoms with E-state index in [1.54, 1.807) is 31.2 Å². The summed E-state index contributed by atoms with van der Waals surface area (Å²) < 4.78 is 11.0. The van der Waals surface area contributed by atoms with Crippen molar-refractivity contribution in [1.82, 2.24) is 15.8 Å². The van der Waals surface area contributed by atoms with Crippen LogP contribution in [-0.2, 0) is 11.4 Å². The topological polar surface area (TPSA) is 93.5 Å². The van der Waals surface area contributed by atoms with Gasteiger partial charge in [0.25, 0.3) is 5.91 Å². The second-order valence-corrected chi connectivity index (χ2v) is 7.52. The lowest BCUT2D eigenvalue weighted by atomic mass is 10.1. The lowest BCUT2D eigenvalue weighted by molar-refractivity contribution is -0.124. The monoisotopic (exact) mass is 373 g/mol. The molecule has 0 spiro atoms. The van der Waals surface area contributed by atoms with E-state index in [4.69, 9.17) is 9.26 Å². The summed E-state index contributed by atoms with van der Waals surface area (Å²) in [6.45, 7) is 11.2. The first-order valence-corrected chi connectivity index (χ1v) is 8.85. The summed E-state index contributed by atoms with van der Waals surface area (Å²) in [6, 6.07) is 6.24. The molecule has 7 heteroatoms. The van der Waals surface area contributed by atoms with Crippen molar-refractivity contribution in [2.45, 2.75) is 59.7 Å². The minimum absolute atomic E-state index is 0.242. The third-order valence-corrected chi connectivity index (χ3v) is 3.92. The molecule has 1 aromatic heterocycles. The van der Waals surface area contributed by atoms with Crippen LogP contribution in [-0.4, -0.2) is 28.6 Å². The van der Waals surface area contributed by atoms with E-state index < -0.39 is 6.04 Å². The van der Waals surface area contributed by atoms with Gasteiger partial charge >= 0.3 is 0 Å². The van der Waals surface area contributed by atoms with Crippen LogP contribution < -0.4 is 15.4 Å². The Morgan fingerprint density at radius 3 is 2.48 bits per heavy atom. The predicted molar refractivity (Wildman–Crippen MR) is 102 cm³/mol. The molecule has 27 heavy (non-hydrogen) atoms. The number of aromatic nitrogens is 1. The number of nitrogens with zero attached hydrogens (tertiary/aromatic N) is 1. The van der Waals surface area contributed by atoms with Crippen molar-refractivity contribution in [3.8, 4) is 5.75 Å². The van der Waals surface area contributed by atoms with Crippen LogP contribution in [0.1, 0.15) is 55.1 Å². The largest absolute Gasteiger partial charge is 0.488 e. The fraction of sp³-hybridized carbons (Fsp3) is 0.450. The van der Waals surface area contributed by atoms with Gasteiger partial charge < -0.3 is 19.9 Å². The summed E-state index contributed by atoms with van der Waals surface area (Å²) in [7, 11) is 0. The van der Waals surface area contributed by atoms with E-state index in [1.807, 2.05) is 34.6 Å². The molecule has 0 fully saturated rings. The van der Waals surface area contributed by atoms with Gasteiger partial charge in [0, 0.05) is 5.54 Å². The third kappa shape index (κ3) is 5.57. The van der Waals surface area contributed by atoms with Gasteiger partial charge in [-0.05, 0) is 53.7 Å². The molecule has 7 nitrogen and oxygen atoms in total. The highest BCUT2D eigenvalue weighted by Crippen LogP contribution is 2.21. The maximum absolute atomic E-state index is 12.6. The van der Waals surface area contributed by atoms with Gasteiger partial charge in [-0.25, -0.2) is 0 Å². The molecule has 2 amide bonds. The summed E-state index contributed by atoms with van der Waals surface area (Å²) in [5.74, 6) is 0.492. The Morgan fingerprint density at radius 2 is 1.89 bits per heavy atom. The lowest BCUT2D eigenvalue weighted by Gasteiger charge is -2.23. The average Bonchev–Trinajstić information content (AvgIpc) is 2.90. The maximum atomic E-state index is 12.6. The zero-order chi connectivity index (χ0) is 20.2. The first-order valence-electron chi connectivity index (χ1n) is 8.85. The Labute approximate surface area is 159 Å². The average molecular weight is 373 g/mol. The number of nitrogens with one attached hydrogen (secondary N) is 2. The van der Waals surface area contributed by atoms with Crippen molar-refractivity contribution in [3.63, 3.8) is 0 Å². The number of benzene rings is 1. The standard InChI is InChI=1S/C20H27N3O4/c1-12-16(14(3)27-23-12)11-26-17-10-8-7-9-15(17)19(25)21-13(2)18(24)22-20(4,5)6/h7-10,13H,11H2,1-6H3,(H,21,25)(H,22,24). The normalized spacial score (nSPS) is 12.4. The van der Waals surface area contributed by atoms with Crippen LogP contribution in [0.25, 0.3) is 0 Å². The number of hydrogen-bond acceptors (Lipinski definition) is 5. The molecule has 0 aliphatic rings. The fourth-order valence-corrected chi connectivity index (χ4v) is 2.46. The van der Waals surface area contributed by atoms with Crippen molar-refractivity contribution in [2.24, 2.45) is 0 Å². The first-order chi connectivity index (χ1) is 12.6. The van der Waals surface area contributed by atoms with Gasteiger partial charge in [-0.3, -0.25) is 9.59 Å². The molecule has 1 heterocycles. The number of ether oxygens (including phenoxy) is 1. The van der Waals surface area contributed by atoms with E-state index in [9.17, 15) is 9.59 Å². The number of aryl methyl sites for hydroxylation is 2. The molecule has 0 saturated carbocycles. The second-order valence-electron chi connectivity index (χ2n) is 7.52. The molecular weight excluding hydrogens is 346 g/mol. The fourth-order valence-electron chi connectivity index (χ4n) is 2.46. The van der Waals surface area contributed by atoms with Gasteiger partial charge in [0.15, 0.2) is 0 Å². The molecule has 0 aliphatic heterocycles. The summed E-state index contributed by atoms with van der Waals surface area (Å²) in [5.41, 5.74) is 1.59. The lowest BCUT2D eigenvalue weighted by Crippen LogP contribution is -2.50. The van der Waals surface area contributed by atoms with E-state index in [2.05, 4.69) is 15.8 Å². The molecule has 1 aromatic carbocycles. The number of amides is 2. The molecule has 146 valence electrons. The predicted octanol–water partition coefficient (Wildman–Crippen LogP) is 2.90. The van der Waals surface area contributed by atoms with E-state index in [0.29, 0.717) is 17.1 Å². The molecule has 1 atom stereocenters. The molecule has 0 bridgehead atoms. The van der Waals surface area contributed by atoms with Gasteiger partial charge in [-0.15, -0.1) is 0 Å². The molecule has 1 unspecified atom stereocenters. The quantitative estimate of drug-likeness (QED) is 0.812. The zero-order valence-corrected chi connectivity index (χ0v) is 16.7. The Morgan fingerprint density at radius 1 is 1.22 bits per heavy atom. The number of hydrogen-bond donors (Lipinski definition) is 2. The number of para-hydroxylation sites is 1. The minimum atomic E-state index is -0.674. The van der Waals surface area contributed by atoms with Crippen molar-refractivity contribution >= 4 is 11.8 Å². The Balaban J connectivity index is 2.08. The summed E-state index contributed by atoms with van der Waals surface area (Å²) >= 11 is 0. The van der Waals surface area contributed by atoms with Crippen LogP contribution in [0, 0.1) is 13.8 Å². The second kappa shape index (κ2) is 8.24. The summed E-state index contributed by atoms with van der Waals surface area (Å²) in [5, 5.41) is 9.45. The molecule has 0 aliphatic carbocycles. The highest BCUT2D eigenvalue weighted by atomic mass is 16.5. The van der Waals surface area contributed by atoms with Crippen LogP contribution in [0.3, 0.4) is 0 Å². The van der Waals surface area contributed by atoms with Crippen LogP contribution in [0.4, 0.5) is 0 Å². The third-order valence-electron chi connectivity index (χ3n) is 3.92. The van der Waals surface area contributed by atoms with Crippen LogP contribution >= 0.6 is 0 Å². The molecule has 0 saturated heterocycles. The highest BCUT2D eigenvalue weighted by molar-refractivity contribution is 5.99. The molecule has 2 N–H and O–H groups in total. The molecule has 2 aromatic rings. The van der Waals surface area contributed by atoms with Gasteiger partial charge in [0.1, 0.15) is 24.2 Å². The highest BCUT2D eigenvalue weighted by Gasteiger charge is 2.22. The van der Waals surface area contributed by atoms with E-state index >= 15 is 0 Å². The van der Waals surface area contributed by atoms with Gasteiger partial charge in [0.05, 0.1) is 16.8 Å². The SMILES string of the molecule is Cc1noc(C)c1COc1ccccc1C(=O)NC(C)C(=O)NC(C)(C)C. The Hall–Kier alpha value is -2.83. The zero-order valence-electron chi connectivity index (χ0n) is 16.7. The van der Waals surface area contributed by atoms with Crippen molar-refractivity contribution in [3.05, 3.63) is 46.8 Å². The number of carbonyl (C=O) groups excluding carboxylic acids is 2.